The smallest absolute Gasteiger partial charge is 0.326 e. The van der Waals surface area contributed by atoms with Gasteiger partial charge in [0.2, 0.25) is 17.7 Å². The molecule has 0 bridgehead atoms. The first kappa shape index (κ1) is 26.6. The van der Waals surface area contributed by atoms with Gasteiger partial charge in [0.1, 0.15) is 18.1 Å². The Labute approximate surface area is 187 Å². The maximum absolute atomic E-state index is 12.8. The number of carbonyl (C=O) groups is 4. The predicted octanol–water partition coefficient (Wildman–Crippen LogP) is 0.00640. The first-order valence-corrected chi connectivity index (χ1v) is 12.2. The Morgan fingerprint density at radius 3 is 2.33 bits per heavy atom. The predicted molar refractivity (Wildman–Crippen MR) is 121 cm³/mol. The number of nitrogens with one attached hydrogen (secondary N) is 4. The number of thiol groups is 1. The van der Waals surface area contributed by atoms with Gasteiger partial charge in [-0.2, -0.15) is 24.4 Å². The summed E-state index contributed by atoms with van der Waals surface area (Å²) in [5.74, 6) is -2.07. The van der Waals surface area contributed by atoms with Gasteiger partial charge in [-0.25, -0.2) is 4.79 Å². The molecule has 1 saturated heterocycles. The molecule has 0 aromatic rings. The lowest BCUT2D eigenvalue weighted by molar-refractivity contribution is -0.143. The molecule has 0 radical (unpaired) electrons. The van der Waals surface area contributed by atoms with Crippen molar-refractivity contribution in [2.75, 3.05) is 24.3 Å². The summed E-state index contributed by atoms with van der Waals surface area (Å²) in [6.07, 6.45) is 4.52. The highest BCUT2D eigenvalue weighted by Crippen LogP contribution is 2.10. The van der Waals surface area contributed by atoms with Crippen LogP contribution in [0.5, 0.6) is 0 Å². The van der Waals surface area contributed by atoms with E-state index in [-0.39, 0.29) is 23.6 Å². The molecule has 5 N–H and O–H groups in total. The van der Waals surface area contributed by atoms with Crippen molar-refractivity contribution in [2.24, 2.45) is 5.92 Å². The summed E-state index contributed by atoms with van der Waals surface area (Å²) in [5, 5.41) is 20.3. The molecule has 0 saturated carbocycles. The van der Waals surface area contributed by atoms with Crippen molar-refractivity contribution in [2.45, 2.75) is 63.7 Å². The van der Waals surface area contributed by atoms with Gasteiger partial charge in [-0.15, -0.1) is 0 Å². The van der Waals surface area contributed by atoms with Crippen molar-refractivity contribution in [3.8, 4) is 0 Å². The number of carbonyl (C=O) groups excluding carboxylic acids is 3. The Kier molecular flexibility index (Phi) is 12.2. The SMILES string of the molecule is CCC(C)C(NC(=O)C(CS)NC(=O)C(CCSC)NC(=O)C1CCCN1)C(=O)O. The summed E-state index contributed by atoms with van der Waals surface area (Å²) in [7, 11) is 0. The minimum absolute atomic E-state index is 0.00219. The minimum atomic E-state index is -1.13. The van der Waals surface area contributed by atoms with Crippen molar-refractivity contribution in [3.63, 3.8) is 0 Å². The van der Waals surface area contributed by atoms with E-state index in [4.69, 9.17) is 0 Å². The number of carboxylic acid groups (broad SMARTS) is 1. The quantitative estimate of drug-likeness (QED) is 0.212. The fourth-order valence-corrected chi connectivity index (χ4v) is 3.82. The van der Waals surface area contributed by atoms with Crippen LogP contribution in [0.25, 0.3) is 0 Å². The fourth-order valence-electron chi connectivity index (χ4n) is 3.09. The normalized spacial score (nSPS) is 19.9. The number of thioether (sulfide) groups is 1. The Hall–Kier alpha value is -1.46. The van der Waals surface area contributed by atoms with Crippen LogP contribution in [0.3, 0.4) is 0 Å². The van der Waals surface area contributed by atoms with Crippen LogP contribution in [-0.2, 0) is 19.2 Å². The summed E-state index contributed by atoms with van der Waals surface area (Å²) in [5.41, 5.74) is 0. The van der Waals surface area contributed by atoms with E-state index in [1.165, 1.54) is 0 Å². The van der Waals surface area contributed by atoms with Gasteiger partial charge < -0.3 is 26.4 Å². The second-order valence-corrected chi connectivity index (χ2v) is 8.80. The van der Waals surface area contributed by atoms with E-state index in [0.29, 0.717) is 18.6 Å². The van der Waals surface area contributed by atoms with Crippen molar-refractivity contribution in [1.82, 2.24) is 21.3 Å². The van der Waals surface area contributed by atoms with E-state index in [9.17, 15) is 24.3 Å². The number of rotatable bonds is 13. The monoisotopic (exact) mass is 462 g/mol. The number of hydrogen-bond acceptors (Lipinski definition) is 7. The number of amides is 3. The third-order valence-corrected chi connectivity index (χ3v) is 6.22. The van der Waals surface area contributed by atoms with Crippen molar-refractivity contribution < 1.29 is 24.3 Å². The summed E-state index contributed by atoms with van der Waals surface area (Å²) in [6.45, 7) is 4.34. The summed E-state index contributed by atoms with van der Waals surface area (Å²) < 4.78 is 0. The van der Waals surface area contributed by atoms with E-state index in [2.05, 4.69) is 33.9 Å². The molecule has 1 heterocycles. The zero-order valence-corrected chi connectivity index (χ0v) is 19.5. The molecule has 172 valence electrons. The number of aliphatic carboxylic acids is 1. The van der Waals surface area contributed by atoms with Gasteiger partial charge in [0, 0.05) is 5.75 Å². The van der Waals surface area contributed by atoms with Crippen molar-refractivity contribution >= 4 is 48.1 Å². The summed E-state index contributed by atoms with van der Waals surface area (Å²) in [6, 6.07) is -3.16. The van der Waals surface area contributed by atoms with Crippen LogP contribution in [0.15, 0.2) is 0 Å². The maximum atomic E-state index is 12.8. The largest absolute Gasteiger partial charge is 0.480 e. The molecule has 1 aliphatic heterocycles. The van der Waals surface area contributed by atoms with Crippen molar-refractivity contribution in [1.29, 1.82) is 0 Å². The molecule has 0 aromatic heterocycles. The molecule has 11 heteroatoms. The van der Waals surface area contributed by atoms with Crippen LogP contribution < -0.4 is 21.3 Å². The lowest BCUT2D eigenvalue weighted by Crippen LogP contribution is -2.58. The van der Waals surface area contributed by atoms with Crippen LogP contribution in [0.1, 0.15) is 39.5 Å². The second-order valence-electron chi connectivity index (χ2n) is 7.45. The number of hydrogen-bond donors (Lipinski definition) is 6. The standard InChI is InChI=1S/C19H34N4O5S2/c1-4-11(2)15(19(27)28)23-18(26)14(10-29)22-17(25)13(7-9-30-3)21-16(24)12-6-5-8-20-12/h11-15,20,29H,4-10H2,1-3H3,(H,21,24)(H,22,25)(H,23,26)(H,27,28). The highest BCUT2D eigenvalue weighted by atomic mass is 32.2. The molecule has 5 unspecified atom stereocenters. The van der Waals surface area contributed by atoms with Crippen molar-refractivity contribution in [3.05, 3.63) is 0 Å². The summed E-state index contributed by atoms with van der Waals surface area (Å²) in [4.78, 5) is 49.3. The van der Waals surface area contributed by atoms with Gasteiger partial charge >= 0.3 is 5.97 Å². The molecule has 1 rings (SSSR count). The molecule has 1 fully saturated rings. The lowest BCUT2D eigenvalue weighted by atomic mass is 9.99. The van der Waals surface area contributed by atoms with E-state index in [1.54, 1.807) is 18.7 Å². The molecule has 9 nitrogen and oxygen atoms in total. The third-order valence-electron chi connectivity index (χ3n) is 5.21. The zero-order valence-electron chi connectivity index (χ0n) is 17.8. The Morgan fingerprint density at radius 2 is 1.83 bits per heavy atom. The molecule has 0 aliphatic carbocycles. The third kappa shape index (κ3) is 8.35. The first-order chi connectivity index (χ1) is 14.2. The van der Waals surface area contributed by atoms with E-state index in [0.717, 1.165) is 19.4 Å². The molecule has 5 atom stereocenters. The second kappa shape index (κ2) is 13.8. The zero-order chi connectivity index (χ0) is 22.7. The Bertz CT molecular complexity index is 601. The van der Waals surface area contributed by atoms with E-state index < -0.39 is 35.9 Å². The van der Waals surface area contributed by atoms with Crippen LogP contribution in [0, 0.1) is 5.92 Å². The maximum Gasteiger partial charge on any atom is 0.326 e. The van der Waals surface area contributed by atoms with Crippen LogP contribution in [0.4, 0.5) is 0 Å². The summed E-state index contributed by atoms with van der Waals surface area (Å²) >= 11 is 5.68. The van der Waals surface area contributed by atoms with E-state index in [1.807, 2.05) is 13.2 Å². The molecule has 0 aromatic carbocycles. The molecular formula is C19H34N4O5S2. The highest BCUT2D eigenvalue weighted by Gasteiger charge is 2.32. The average molecular weight is 463 g/mol. The fraction of sp³-hybridized carbons (Fsp3) is 0.789. The average Bonchev–Trinajstić information content (AvgIpc) is 3.26. The lowest BCUT2D eigenvalue weighted by Gasteiger charge is -2.25. The Balaban J connectivity index is 2.78. The van der Waals surface area contributed by atoms with Gasteiger partial charge in [-0.05, 0) is 43.7 Å². The number of carboxylic acids is 1. The Morgan fingerprint density at radius 1 is 1.17 bits per heavy atom. The molecule has 3 amide bonds. The topological polar surface area (TPSA) is 137 Å². The molecule has 30 heavy (non-hydrogen) atoms. The van der Waals surface area contributed by atoms with Crippen LogP contribution in [0.2, 0.25) is 0 Å². The van der Waals surface area contributed by atoms with Crippen LogP contribution in [-0.4, -0.2) is 77.3 Å². The van der Waals surface area contributed by atoms with Gasteiger partial charge in [0.15, 0.2) is 0 Å². The highest BCUT2D eigenvalue weighted by molar-refractivity contribution is 7.98. The van der Waals surface area contributed by atoms with Gasteiger partial charge in [0.25, 0.3) is 0 Å². The van der Waals surface area contributed by atoms with Gasteiger partial charge in [-0.1, -0.05) is 20.3 Å². The molecular weight excluding hydrogens is 428 g/mol. The first-order valence-electron chi connectivity index (χ1n) is 10.2. The van der Waals surface area contributed by atoms with E-state index >= 15 is 0 Å². The van der Waals surface area contributed by atoms with Crippen LogP contribution >= 0.6 is 24.4 Å². The molecule has 1 aliphatic rings. The molecule has 0 spiro atoms. The van der Waals surface area contributed by atoms with Gasteiger partial charge in [0.05, 0.1) is 6.04 Å². The van der Waals surface area contributed by atoms with Gasteiger partial charge in [-0.3, -0.25) is 14.4 Å². The minimum Gasteiger partial charge on any atom is -0.480 e.